The zero-order chi connectivity index (χ0) is 20.5. The minimum absolute atomic E-state index is 0.0784. The maximum absolute atomic E-state index is 11.3. The number of rotatable bonds is 23. The van der Waals surface area contributed by atoms with Crippen molar-refractivity contribution in [3.8, 4) is 0 Å². The van der Waals surface area contributed by atoms with Crippen molar-refractivity contribution < 1.29 is 14.6 Å². The lowest BCUT2D eigenvalue weighted by molar-refractivity contribution is -0.144. The van der Waals surface area contributed by atoms with Crippen LogP contribution in [-0.2, 0) is 9.53 Å². The maximum atomic E-state index is 11.3. The molecule has 28 heavy (non-hydrogen) atoms. The fraction of sp³-hybridized carbons (Fsp3) is 0.960. The standard InChI is InChI=1S/C25H50O3/c1-2-3-4-5-6-7-8-9-10-11-12-13-14-15-16-17-18-19-20-21-22-25(27)28-24-23-26/h26H,2-24H2,1H3. The lowest BCUT2D eigenvalue weighted by atomic mass is 10.0. The fourth-order valence-corrected chi connectivity index (χ4v) is 3.76. The van der Waals surface area contributed by atoms with Crippen LogP contribution in [0.25, 0.3) is 0 Å². The molecule has 0 rings (SSSR count). The Kier molecular flexibility index (Phi) is 24.0. The second-order valence-corrected chi connectivity index (χ2v) is 8.41. The number of esters is 1. The van der Waals surface area contributed by atoms with Gasteiger partial charge in [-0.3, -0.25) is 4.79 Å². The molecule has 0 aromatic rings. The number of hydrogen-bond acceptors (Lipinski definition) is 3. The van der Waals surface area contributed by atoms with Crippen molar-refractivity contribution in [2.24, 2.45) is 0 Å². The molecule has 0 bridgehead atoms. The Hall–Kier alpha value is -0.570. The van der Waals surface area contributed by atoms with Gasteiger partial charge < -0.3 is 9.84 Å². The Labute approximate surface area is 176 Å². The first kappa shape index (κ1) is 27.4. The molecule has 1 N–H and O–H groups in total. The van der Waals surface area contributed by atoms with Gasteiger partial charge in [-0.1, -0.05) is 129 Å². The number of carbonyl (C=O) groups is 1. The average molecular weight is 399 g/mol. The predicted octanol–water partition coefficient (Wildman–Crippen LogP) is 7.73. The first-order chi connectivity index (χ1) is 13.8. The summed E-state index contributed by atoms with van der Waals surface area (Å²) in [4.78, 5) is 11.3. The summed E-state index contributed by atoms with van der Waals surface area (Å²) in [5, 5.41) is 8.58. The summed E-state index contributed by atoms with van der Waals surface area (Å²) in [7, 11) is 0. The van der Waals surface area contributed by atoms with Crippen LogP contribution in [0, 0.1) is 0 Å². The first-order valence-corrected chi connectivity index (χ1v) is 12.6. The van der Waals surface area contributed by atoms with E-state index in [1.54, 1.807) is 0 Å². The molecular weight excluding hydrogens is 348 g/mol. The van der Waals surface area contributed by atoms with E-state index in [4.69, 9.17) is 9.84 Å². The highest BCUT2D eigenvalue weighted by atomic mass is 16.5. The Morgan fingerprint density at radius 2 is 0.893 bits per heavy atom. The van der Waals surface area contributed by atoms with Crippen LogP contribution in [-0.4, -0.2) is 24.3 Å². The Bertz CT molecular complexity index is 304. The summed E-state index contributed by atoms with van der Waals surface area (Å²) in [5.74, 6) is -0.170. The van der Waals surface area contributed by atoms with Gasteiger partial charge in [0.05, 0.1) is 6.61 Å². The summed E-state index contributed by atoms with van der Waals surface area (Å²) in [5.41, 5.74) is 0. The smallest absolute Gasteiger partial charge is 0.305 e. The van der Waals surface area contributed by atoms with Crippen molar-refractivity contribution in [3.63, 3.8) is 0 Å². The van der Waals surface area contributed by atoms with E-state index in [0.29, 0.717) is 6.42 Å². The van der Waals surface area contributed by atoms with Crippen LogP contribution in [0.1, 0.15) is 142 Å². The van der Waals surface area contributed by atoms with E-state index in [1.807, 2.05) is 0 Å². The number of aliphatic hydroxyl groups is 1. The van der Waals surface area contributed by atoms with E-state index in [0.717, 1.165) is 12.8 Å². The van der Waals surface area contributed by atoms with Crippen LogP contribution in [0.3, 0.4) is 0 Å². The molecule has 0 aliphatic carbocycles. The number of unbranched alkanes of at least 4 members (excludes halogenated alkanes) is 19. The van der Waals surface area contributed by atoms with Gasteiger partial charge in [0.25, 0.3) is 0 Å². The van der Waals surface area contributed by atoms with Crippen molar-refractivity contribution in [2.45, 2.75) is 142 Å². The Morgan fingerprint density at radius 3 is 1.21 bits per heavy atom. The molecule has 0 aliphatic rings. The molecule has 3 heteroatoms. The van der Waals surface area contributed by atoms with Gasteiger partial charge in [0, 0.05) is 6.42 Å². The SMILES string of the molecule is CCCCCCCCCCCCCCCCCCCCCCC(=O)OCCO. The largest absolute Gasteiger partial charge is 0.463 e. The molecule has 0 aromatic heterocycles. The van der Waals surface area contributed by atoms with Gasteiger partial charge in [-0.25, -0.2) is 0 Å². The lowest BCUT2D eigenvalue weighted by Crippen LogP contribution is -2.07. The number of carbonyl (C=O) groups excluding carboxylic acids is 1. The van der Waals surface area contributed by atoms with Crippen molar-refractivity contribution in [1.82, 2.24) is 0 Å². The van der Waals surface area contributed by atoms with Crippen LogP contribution >= 0.6 is 0 Å². The van der Waals surface area contributed by atoms with E-state index < -0.39 is 0 Å². The van der Waals surface area contributed by atoms with Crippen molar-refractivity contribution in [1.29, 1.82) is 0 Å². The molecule has 0 saturated heterocycles. The molecule has 3 nitrogen and oxygen atoms in total. The van der Waals surface area contributed by atoms with E-state index in [2.05, 4.69) is 6.92 Å². The molecule has 0 spiro atoms. The molecule has 0 unspecified atom stereocenters. The highest BCUT2D eigenvalue weighted by Crippen LogP contribution is 2.15. The van der Waals surface area contributed by atoms with E-state index >= 15 is 0 Å². The average Bonchev–Trinajstić information content (AvgIpc) is 2.70. The van der Waals surface area contributed by atoms with Gasteiger partial charge in [-0.15, -0.1) is 0 Å². The fourth-order valence-electron chi connectivity index (χ4n) is 3.76. The Balaban J connectivity index is 3.04. The molecule has 0 amide bonds. The van der Waals surface area contributed by atoms with Crippen LogP contribution in [0.4, 0.5) is 0 Å². The molecule has 0 aliphatic heterocycles. The van der Waals surface area contributed by atoms with Gasteiger partial charge in [0.15, 0.2) is 0 Å². The van der Waals surface area contributed by atoms with Gasteiger partial charge in [0.2, 0.25) is 0 Å². The predicted molar refractivity (Wildman–Crippen MR) is 121 cm³/mol. The molecule has 0 saturated carbocycles. The second-order valence-electron chi connectivity index (χ2n) is 8.41. The van der Waals surface area contributed by atoms with Gasteiger partial charge in [-0.05, 0) is 6.42 Å². The van der Waals surface area contributed by atoms with E-state index in [-0.39, 0.29) is 19.2 Å². The van der Waals surface area contributed by atoms with Crippen LogP contribution < -0.4 is 0 Å². The summed E-state index contributed by atoms with van der Waals surface area (Å²) in [6.07, 6.45) is 27.8. The quantitative estimate of drug-likeness (QED) is 0.141. The topological polar surface area (TPSA) is 46.5 Å². The molecule has 0 heterocycles. The van der Waals surface area contributed by atoms with Crippen molar-refractivity contribution in [2.75, 3.05) is 13.2 Å². The zero-order valence-electron chi connectivity index (χ0n) is 19.0. The minimum atomic E-state index is -0.170. The van der Waals surface area contributed by atoms with Gasteiger partial charge in [0.1, 0.15) is 6.61 Å². The minimum Gasteiger partial charge on any atom is -0.463 e. The molecule has 168 valence electrons. The first-order valence-electron chi connectivity index (χ1n) is 12.6. The zero-order valence-corrected chi connectivity index (χ0v) is 19.0. The summed E-state index contributed by atoms with van der Waals surface area (Å²) < 4.78 is 4.84. The van der Waals surface area contributed by atoms with Gasteiger partial charge >= 0.3 is 5.97 Å². The lowest BCUT2D eigenvalue weighted by Gasteiger charge is -2.04. The van der Waals surface area contributed by atoms with Gasteiger partial charge in [-0.2, -0.15) is 0 Å². The molecule has 0 radical (unpaired) electrons. The third-order valence-electron chi connectivity index (χ3n) is 5.59. The molecular formula is C25H50O3. The molecule has 0 aromatic carbocycles. The third kappa shape index (κ3) is 23.5. The summed E-state index contributed by atoms with van der Waals surface area (Å²) in [6.45, 7) is 2.34. The molecule has 0 atom stereocenters. The summed E-state index contributed by atoms with van der Waals surface area (Å²) >= 11 is 0. The highest BCUT2D eigenvalue weighted by molar-refractivity contribution is 5.69. The highest BCUT2D eigenvalue weighted by Gasteiger charge is 2.01. The molecule has 0 fully saturated rings. The van der Waals surface area contributed by atoms with Crippen molar-refractivity contribution in [3.05, 3.63) is 0 Å². The third-order valence-corrected chi connectivity index (χ3v) is 5.59. The number of hydrogen-bond donors (Lipinski definition) is 1. The van der Waals surface area contributed by atoms with E-state index in [1.165, 1.54) is 116 Å². The summed E-state index contributed by atoms with van der Waals surface area (Å²) in [6, 6.07) is 0. The second kappa shape index (κ2) is 24.5. The number of aliphatic hydroxyl groups excluding tert-OH is 1. The van der Waals surface area contributed by atoms with Crippen LogP contribution in [0.2, 0.25) is 0 Å². The van der Waals surface area contributed by atoms with Crippen LogP contribution in [0.15, 0.2) is 0 Å². The monoisotopic (exact) mass is 398 g/mol. The van der Waals surface area contributed by atoms with E-state index in [9.17, 15) is 4.79 Å². The maximum Gasteiger partial charge on any atom is 0.305 e. The Morgan fingerprint density at radius 1 is 0.571 bits per heavy atom. The van der Waals surface area contributed by atoms with Crippen LogP contribution in [0.5, 0.6) is 0 Å². The number of ether oxygens (including phenoxy) is 1. The normalized spacial score (nSPS) is 11.1. The van der Waals surface area contributed by atoms with Crippen molar-refractivity contribution >= 4 is 5.97 Å².